The van der Waals surface area contributed by atoms with Crippen LogP contribution in [0, 0.1) is 0 Å². The Balaban J connectivity index is -0.0000000495. The van der Waals surface area contributed by atoms with Gasteiger partial charge in [-0.3, -0.25) is 21.1 Å². The van der Waals surface area contributed by atoms with E-state index in [0.717, 1.165) is 0 Å². The van der Waals surface area contributed by atoms with Crippen molar-refractivity contribution in [3.63, 3.8) is 0 Å². The minimum Gasteiger partial charge on any atom is -0.272 e. The van der Waals surface area contributed by atoms with E-state index in [1.54, 1.807) is 18.2 Å². The molecule has 5 heteroatoms. The van der Waals surface area contributed by atoms with E-state index in [1.807, 2.05) is 20.8 Å². The lowest BCUT2D eigenvalue weighted by molar-refractivity contribution is 0.577. The molecule has 0 aromatic heterocycles. The first kappa shape index (κ1) is 23.3. The fourth-order valence-electron chi connectivity index (χ4n) is 0. The molecule has 0 fully saturated rings. The molecule has 14 heavy (non-hydrogen) atoms. The molecule has 86 valence electrons. The molecule has 0 spiro atoms. The van der Waals surface area contributed by atoms with Gasteiger partial charge in [0.05, 0.1) is 0 Å². The highest BCUT2D eigenvalue weighted by Crippen LogP contribution is 2.06. The van der Waals surface area contributed by atoms with Crippen LogP contribution in [0.1, 0.15) is 20.8 Å². The fraction of sp³-hybridized carbons (Fsp3) is 0.333. The van der Waals surface area contributed by atoms with E-state index < -0.39 is 7.59 Å². The number of hydrogen-bond donors (Lipinski definition) is 3. The molecule has 6 N–H and O–H groups in total. The van der Waals surface area contributed by atoms with Gasteiger partial charge in [-0.05, 0) is 20.8 Å². The van der Waals surface area contributed by atoms with Crippen molar-refractivity contribution in [2.75, 3.05) is 0 Å². The summed E-state index contributed by atoms with van der Waals surface area (Å²) in [6, 6.07) is 0. The zero-order valence-corrected chi connectivity index (χ0v) is 10.3. The maximum atomic E-state index is 9.55. The summed E-state index contributed by atoms with van der Waals surface area (Å²) in [5.74, 6) is 0. The number of rotatable bonds is 0. The van der Waals surface area contributed by atoms with Gasteiger partial charge < -0.3 is 0 Å². The normalized spacial score (nSPS) is 7.00. The summed E-state index contributed by atoms with van der Waals surface area (Å²) in [6.45, 7) is 15.8. The van der Waals surface area contributed by atoms with Gasteiger partial charge in [0.1, 0.15) is 0 Å². The molecule has 0 saturated heterocycles. The predicted octanol–water partition coefficient (Wildman–Crippen LogP) is 2.55. The van der Waals surface area contributed by atoms with Crippen LogP contribution >= 0.6 is 7.59 Å². The third-order valence-electron chi connectivity index (χ3n) is 0. The third kappa shape index (κ3) is 2690. The average Bonchev–Trinajstić information content (AvgIpc) is 1.86. The van der Waals surface area contributed by atoms with Crippen molar-refractivity contribution in [2.45, 2.75) is 20.8 Å². The van der Waals surface area contributed by atoms with Crippen LogP contribution in [0.5, 0.6) is 0 Å². The molecule has 4 nitrogen and oxygen atoms in total. The molecule has 0 rings (SSSR count). The van der Waals surface area contributed by atoms with Gasteiger partial charge in [0.15, 0.2) is 0 Å². The quantitative estimate of drug-likeness (QED) is 0.432. The Bertz CT molecular complexity index is 141. The second kappa shape index (κ2) is 22.8. The number of nitrogens with two attached hydrogens (primary N) is 3. The van der Waals surface area contributed by atoms with E-state index in [0.29, 0.717) is 0 Å². The van der Waals surface area contributed by atoms with Gasteiger partial charge in [-0.2, -0.15) is 0 Å². The smallest absolute Gasteiger partial charge is 0.271 e. The molecule has 0 radical (unpaired) electrons. The lowest BCUT2D eigenvalue weighted by atomic mass is 10.8. The number of allylic oxidation sites excluding steroid dienone is 3. The zero-order chi connectivity index (χ0) is 12.6. The maximum Gasteiger partial charge on any atom is 0.271 e. The summed E-state index contributed by atoms with van der Waals surface area (Å²) in [5, 5.41) is 0. The first-order valence-corrected chi connectivity index (χ1v) is 5.83. The maximum absolute atomic E-state index is 9.55. The molecule has 0 aliphatic carbocycles. The Kier molecular flexibility index (Phi) is 37.9. The van der Waals surface area contributed by atoms with Gasteiger partial charge in [0, 0.05) is 0 Å². The van der Waals surface area contributed by atoms with Crippen LogP contribution in [0.25, 0.3) is 0 Å². The molecule has 0 amide bonds. The Morgan fingerprint density at radius 1 is 0.857 bits per heavy atom. The third-order valence-corrected chi connectivity index (χ3v) is 0. The van der Waals surface area contributed by atoms with Crippen molar-refractivity contribution in [2.24, 2.45) is 16.5 Å². The average molecular weight is 221 g/mol. The predicted molar refractivity (Wildman–Crippen MR) is 67.8 cm³/mol. The van der Waals surface area contributed by atoms with E-state index in [2.05, 4.69) is 36.2 Å². The SMILES string of the molecule is C=CC.C=CC.C=CC.NP(N)(N)=O. The van der Waals surface area contributed by atoms with Crippen molar-refractivity contribution in [3.05, 3.63) is 38.0 Å². The second-order valence-electron chi connectivity index (χ2n) is 1.99. The van der Waals surface area contributed by atoms with E-state index in [9.17, 15) is 4.57 Å². The van der Waals surface area contributed by atoms with Crippen LogP contribution in [-0.2, 0) is 4.57 Å². The molecule has 0 bridgehead atoms. The summed E-state index contributed by atoms with van der Waals surface area (Å²) >= 11 is 0. The Morgan fingerprint density at radius 3 is 0.857 bits per heavy atom. The van der Waals surface area contributed by atoms with Crippen LogP contribution in [0.3, 0.4) is 0 Å². The van der Waals surface area contributed by atoms with E-state index >= 15 is 0 Å². The first-order chi connectivity index (χ1) is 6.24. The van der Waals surface area contributed by atoms with Gasteiger partial charge in [-0.15, -0.1) is 19.7 Å². The van der Waals surface area contributed by atoms with E-state index in [4.69, 9.17) is 0 Å². The molecule has 0 saturated carbocycles. The number of hydrogen-bond acceptors (Lipinski definition) is 1. The molecular weight excluding hydrogens is 197 g/mol. The van der Waals surface area contributed by atoms with Gasteiger partial charge in [0.25, 0.3) is 7.59 Å². The standard InChI is InChI=1S/3C3H6.H6N3OP/c3*1-3-2;1-5(2,3)4/h3*3H,1H2,2H3;(H6,1,2,3,4). The lowest BCUT2D eigenvalue weighted by Gasteiger charge is -1.88. The van der Waals surface area contributed by atoms with Gasteiger partial charge >= 0.3 is 0 Å². The molecule has 0 aromatic carbocycles. The van der Waals surface area contributed by atoms with Crippen LogP contribution in [0.4, 0.5) is 0 Å². The second-order valence-corrected chi connectivity index (χ2v) is 3.52. The Morgan fingerprint density at radius 2 is 0.857 bits per heavy atom. The molecular formula is C9H24N3OP. The van der Waals surface area contributed by atoms with Gasteiger partial charge in [-0.1, -0.05) is 18.2 Å². The molecule has 0 aromatic rings. The highest BCUT2D eigenvalue weighted by molar-refractivity contribution is 7.56. The van der Waals surface area contributed by atoms with Crippen LogP contribution in [-0.4, -0.2) is 0 Å². The fourth-order valence-corrected chi connectivity index (χ4v) is 0. The summed E-state index contributed by atoms with van der Waals surface area (Å²) in [5.41, 5.74) is 13.4. The van der Waals surface area contributed by atoms with Crippen molar-refractivity contribution in [3.8, 4) is 0 Å². The highest BCUT2D eigenvalue weighted by atomic mass is 31.2. The van der Waals surface area contributed by atoms with Gasteiger partial charge in [0.2, 0.25) is 0 Å². The van der Waals surface area contributed by atoms with Crippen molar-refractivity contribution >= 4 is 7.59 Å². The monoisotopic (exact) mass is 221 g/mol. The minimum atomic E-state index is -3.14. The van der Waals surface area contributed by atoms with Crippen LogP contribution < -0.4 is 16.5 Å². The van der Waals surface area contributed by atoms with Crippen molar-refractivity contribution in [1.29, 1.82) is 0 Å². The zero-order valence-electron chi connectivity index (χ0n) is 9.44. The largest absolute Gasteiger partial charge is 0.272 e. The minimum absolute atomic E-state index is 1.75. The topological polar surface area (TPSA) is 95.1 Å². The first-order valence-electron chi connectivity index (χ1n) is 3.91. The Labute approximate surface area is 88.1 Å². The van der Waals surface area contributed by atoms with E-state index in [1.165, 1.54) is 0 Å². The molecule has 0 unspecified atom stereocenters. The molecule has 0 aliphatic rings. The van der Waals surface area contributed by atoms with Crippen molar-refractivity contribution < 1.29 is 4.57 Å². The molecule has 0 aliphatic heterocycles. The van der Waals surface area contributed by atoms with E-state index in [-0.39, 0.29) is 0 Å². The van der Waals surface area contributed by atoms with Crippen molar-refractivity contribution in [1.82, 2.24) is 0 Å². The highest BCUT2D eigenvalue weighted by Gasteiger charge is 1.90. The molecule has 0 heterocycles. The lowest BCUT2D eigenvalue weighted by Crippen LogP contribution is -2.12. The van der Waals surface area contributed by atoms with Crippen LogP contribution in [0.2, 0.25) is 0 Å². The molecule has 0 atom stereocenters. The summed E-state index contributed by atoms with van der Waals surface area (Å²) in [6.07, 6.45) is 5.25. The van der Waals surface area contributed by atoms with Crippen LogP contribution in [0.15, 0.2) is 38.0 Å². The summed E-state index contributed by atoms with van der Waals surface area (Å²) < 4.78 is 9.55. The Hall–Kier alpha value is -0.670. The van der Waals surface area contributed by atoms with Gasteiger partial charge in [-0.25, -0.2) is 0 Å². The summed E-state index contributed by atoms with van der Waals surface area (Å²) in [7, 11) is -3.14. The summed E-state index contributed by atoms with van der Waals surface area (Å²) in [4.78, 5) is 0.